The molecule has 0 aliphatic carbocycles. The SMILES string of the molecule is CN=C(NCCC1CCCO1)NC1CCS(=O)(=O)C1.I. The first-order chi connectivity index (χ1) is 9.09. The van der Waals surface area contributed by atoms with Gasteiger partial charge >= 0.3 is 0 Å². The molecule has 20 heavy (non-hydrogen) atoms. The summed E-state index contributed by atoms with van der Waals surface area (Å²) in [5.41, 5.74) is 0. The Bertz CT molecular complexity index is 422. The van der Waals surface area contributed by atoms with E-state index in [-0.39, 0.29) is 41.5 Å². The van der Waals surface area contributed by atoms with E-state index in [2.05, 4.69) is 15.6 Å². The number of halogens is 1. The fraction of sp³-hybridized carbons (Fsp3) is 0.917. The smallest absolute Gasteiger partial charge is 0.191 e. The Kier molecular flexibility index (Phi) is 7.52. The lowest BCUT2D eigenvalue weighted by molar-refractivity contribution is 0.105. The van der Waals surface area contributed by atoms with E-state index < -0.39 is 9.84 Å². The highest BCUT2D eigenvalue weighted by Crippen LogP contribution is 2.14. The molecular weight excluding hydrogens is 393 g/mol. The van der Waals surface area contributed by atoms with E-state index in [0.29, 0.717) is 18.5 Å². The van der Waals surface area contributed by atoms with E-state index in [1.807, 2.05) is 0 Å². The lowest BCUT2D eigenvalue weighted by Gasteiger charge is -2.17. The van der Waals surface area contributed by atoms with Gasteiger partial charge in [-0.25, -0.2) is 8.42 Å². The standard InChI is InChI=1S/C12H23N3O3S.HI/c1-13-12(14-6-4-11-3-2-7-18-11)15-10-5-8-19(16,17)9-10;/h10-11H,2-9H2,1H3,(H2,13,14,15);1H. The maximum atomic E-state index is 11.4. The van der Waals surface area contributed by atoms with Crippen LogP contribution in [0, 0.1) is 0 Å². The van der Waals surface area contributed by atoms with Gasteiger partial charge in [-0.3, -0.25) is 4.99 Å². The molecule has 0 radical (unpaired) electrons. The van der Waals surface area contributed by atoms with Crippen molar-refractivity contribution in [3.63, 3.8) is 0 Å². The molecule has 2 rings (SSSR count). The molecule has 118 valence electrons. The van der Waals surface area contributed by atoms with Crippen molar-refractivity contribution >= 4 is 39.8 Å². The third kappa shape index (κ3) is 5.72. The molecule has 2 fully saturated rings. The van der Waals surface area contributed by atoms with Gasteiger partial charge in [-0.2, -0.15) is 0 Å². The second-order valence-corrected chi connectivity index (χ2v) is 7.40. The van der Waals surface area contributed by atoms with Gasteiger partial charge in [-0.15, -0.1) is 24.0 Å². The highest BCUT2D eigenvalue weighted by Gasteiger charge is 2.28. The van der Waals surface area contributed by atoms with Crippen LogP contribution in [0.1, 0.15) is 25.7 Å². The highest BCUT2D eigenvalue weighted by atomic mass is 127. The van der Waals surface area contributed by atoms with Gasteiger partial charge in [0.15, 0.2) is 15.8 Å². The first-order valence-corrected chi connectivity index (χ1v) is 8.70. The molecule has 2 atom stereocenters. The second kappa shape index (κ2) is 8.38. The number of aliphatic imine (C=N–C) groups is 1. The molecule has 0 saturated carbocycles. The van der Waals surface area contributed by atoms with Crippen molar-refractivity contribution in [1.82, 2.24) is 10.6 Å². The number of nitrogens with one attached hydrogen (secondary N) is 2. The molecule has 2 aliphatic heterocycles. The first-order valence-electron chi connectivity index (χ1n) is 6.88. The summed E-state index contributed by atoms with van der Waals surface area (Å²) >= 11 is 0. The first kappa shape index (κ1) is 18.0. The molecule has 2 heterocycles. The molecule has 0 amide bonds. The number of ether oxygens (including phenoxy) is 1. The van der Waals surface area contributed by atoms with Crippen molar-refractivity contribution in [2.24, 2.45) is 4.99 Å². The van der Waals surface area contributed by atoms with Gasteiger partial charge in [-0.1, -0.05) is 0 Å². The molecule has 2 unspecified atom stereocenters. The highest BCUT2D eigenvalue weighted by molar-refractivity contribution is 14.0. The van der Waals surface area contributed by atoms with Gasteiger partial charge < -0.3 is 15.4 Å². The summed E-state index contributed by atoms with van der Waals surface area (Å²) in [6.07, 6.45) is 4.27. The van der Waals surface area contributed by atoms with Crippen LogP contribution in [-0.2, 0) is 14.6 Å². The average molecular weight is 417 g/mol. The zero-order chi connectivity index (χ0) is 13.7. The summed E-state index contributed by atoms with van der Waals surface area (Å²) in [6, 6.07) is -0.0149. The molecule has 2 aliphatic rings. The summed E-state index contributed by atoms with van der Waals surface area (Å²) in [5, 5.41) is 6.38. The van der Waals surface area contributed by atoms with E-state index in [1.54, 1.807) is 7.05 Å². The van der Waals surface area contributed by atoms with Crippen LogP contribution in [0.4, 0.5) is 0 Å². The van der Waals surface area contributed by atoms with Crippen LogP contribution >= 0.6 is 24.0 Å². The van der Waals surface area contributed by atoms with Crippen molar-refractivity contribution in [1.29, 1.82) is 0 Å². The van der Waals surface area contributed by atoms with Crippen LogP contribution < -0.4 is 10.6 Å². The number of nitrogens with zero attached hydrogens (tertiary/aromatic N) is 1. The van der Waals surface area contributed by atoms with Crippen molar-refractivity contribution in [2.75, 3.05) is 31.7 Å². The van der Waals surface area contributed by atoms with E-state index in [4.69, 9.17) is 4.74 Å². The topological polar surface area (TPSA) is 79.8 Å². The minimum atomic E-state index is -2.85. The Hall–Kier alpha value is -0.0900. The fourth-order valence-corrected chi connectivity index (χ4v) is 4.19. The summed E-state index contributed by atoms with van der Waals surface area (Å²) in [4.78, 5) is 4.12. The molecule has 0 bridgehead atoms. The summed E-state index contributed by atoms with van der Waals surface area (Å²) in [5.74, 6) is 1.16. The van der Waals surface area contributed by atoms with Crippen molar-refractivity contribution in [3.05, 3.63) is 0 Å². The molecule has 2 saturated heterocycles. The van der Waals surface area contributed by atoms with E-state index >= 15 is 0 Å². The molecular formula is C12H24IN3O3S. The van der Waals surface area contributed by atoms with Crippen LogP contribution in [0.3, 0.4) is 0 Å². The van der Waals surface area contributed by atoms with Crippen LogP contribution in [0.25, 0.3) is 0 Å². The zero-order valence-electron chi connectivity index (χ0n) is 11.8. The monoisotopic (exact) mass is 417 g/mol. The van der Waals surface area contributed by atoms with Crippen LogP contribution in [-0.4, -0.2) is 58.2 Å². The predicted molar refractivity (Wildman–Crippen MR) is 90.6 cm³/mol. The number of sulfone groups is 1. The predicted octanol–water partition coefficient (Wildman–Crippen LogP) is 0.526. The Morgan fingerprint density at radius 3 is 2.75 bits per heavy atom. The van der Waals surface area contributed by atoms with Crippen molar-refractivity contribution in [3.8, 4) is 0 Å². The van der Waals surface area contributed by atoms with Gasteiger partial charge in [0.2, 0.25) is 0 Å². The third-order valence-electron chi connectivity index (χ3n) is 3.58. The number of rotatable bonds is 4. The molecule has 0 aromatic rings. The molecule has 0 aromatic carbocycles. The van der Waals surface area contributed by atoms with Gasteiger partial charge in [0.25, 0.3) is 0 Å². The van der Waals surface area contributed by atoms with Crippen molar-refractivity contribution < 1.29 is 13.2 Å². The zero-order valence-corrected chi connectivity index (χ0v) is 14.9. The van der Waals surface area contributed by atoms with E-state index in [0.717, 1.165) is 32.4 Å². The Balaban J connectivity index is 0.00000200. The normalized spacial score (nSPS) is 28.9. The largest absolute Gasteiger partial charge is 0.378 e. The van der Waals surface area contributed by atoms with E-state index in [9.17, 15) is 8.42 Å². The maximum Gasteiger partial charge on any atom is 0.191 e. The lowest BCUT2D eigenvalue weighted by atomic mass is 10.2. The minimum Gasteiger partial charge on any atom is -0.378 e. The van der Waals surface area contributed by atoms with Gasteiger partial charge in [0.1, 0.15) is 0 Å². The third-order valence-corrected chi connectivity index (χ3v) is 5.35. The quantitative estimate of drug-likeness (QED) is 0.396. The Labute approximate surface area is 138 Å². The fourth-order valence-electron chi connectivity index (χ4n) is 2.52. The van der Waals surface area contributed by atoms with Gasteiger partial charge in [-0.05, 0) is 25.7 Å². The van der Waals surface area contributed by atoms with Gasteiger partial charge in [0.05, 0.1) is 17.6 Å². The molecule has 0 aromatic heterocycles. The summed E-state index contributed by atoms with van der Waals surface area (Å²) < 4.78 is 28.3. The number of hydrogen-bond donors (Lipinski definition) is 2. The van der Waals surface area contributed by atoms with Crippen molar-refractivity contribution in [2.45, 2.75) is 37.8 Å². The van der Waals surface area contributed by atoms with Crippen LogP contribution in [0.2, 0.25) is 0 Å². The van der Waals surface area contributed by atoms with Gasteiger partial charge in [0, 0.05) is 26.2 Å². The lowest BCUT2D eigenvalue weighted by Crippen LogP contribution is -2.44. The number of guanidine groups is 1. The Morgan fingerprint density at radius 2 is 2.20 bits per heavy atom. The van der Waals surface area contributed by atoms with E-state index in [1.165, 1.54) is 0 Å². The van der Waals surface area contributed by atoms with Crippen LogP contribution in [0.15, 0.2) is 4.99 Å². The maximum absolute atomic E-state index is 11.4. The van der Waals surface area contributed by atoms with Crippen LogP contribution in [0.5, 0.6) is 0 Å². The molecule has 0 spiro atoms. The average Bonchev–Trinajstić information content (AvgIpc) is 2.98. The minimum absolute atomic E-state index is 0. The molecule has 8 heteroatoms. The Morgan fingerprint density at radius 1 is 1.40 bits per heavy atom. The number of hydrogen-bond acceptors (Lipinski definition) is 4. The molecule has 2 N–H and O–H groups in total. The second-order valence-electron chi connectivity index (χ2n) is 5.17. The summed E-state index contributed by atoms with van der Waals surface area (Å²) in [7, 11) is -1.15. The summed E-state index contributed by atoms with van der Waals surface area (Å²) in [6.45, 7) is 1.67. The molecule has 6 nitrogen and oxygen atoms in total.